The maximum atomic E-state index is 12.6. The van der Waals surface area contributed by atoms with Crippen molar-refractivity contribution in [2.24, 2.45) is 0 Å². The predicted molar refractivity (Wildman–Crippen MR) is 115 cm³/mol. The third-order valence-electron chi connectivity index (χ3n) is 4.97. The van der Waals surface area contributed by atoms with Crippen LogP contribution in [0, 0.1) is 0 Å². The highest BCUT2D eigenvalue weighted by atomic mass is 32.2. The summed E-state index contributed by atoms with van der Waals surface area (Å²) in [5, 5.41) is 2.96. The minimum atomic E-state index is -3.39. The van der Waals surface area contributed by atoms with Crippen molar-refractivity contribution in [1.29, 1.82) is 0 Å². The largest absolute Gasteiger partial charge is 0.494 e. The van der Waals surface area contributed by atoms with E-state index in [9.17, 15) is 13.2 Å². The molecule has 1 fully saturated rings. The quantitative estimate of drug-likeness (QED) is 0.693. The number of benzene rings is 2. The van der Waals surface area contributed by atoms with Gasteiger partial charge >= 0.3 is 0 Å². The Morgan fingerprint density at radius 2 is 1.73 bits per heavy atom. The van der Waals surface area contributed by atoms with Crippen molar-refractivity contribution >= 4 is 15.9 Å². The molecule has 0 bridgehead atoms. The van der Waals surface area contributed by atoms with E-state index in [1.807, 2.05) is 38.1 Å². The lowest BCUT2D eigenvalue weighted by Crippen LogP contribution is -2.41. The Kier molecular flexibility index (Phi) is 7.47. The van der Waals surface area contributed by atoms with Gasteiger partial charge in [-0.25, -0.2) is 8.42 Å². The van der Waals surface area contributed by atoms with Crippen LogP contribution in [0.4, 0.5) is 0 Å². The monoisotopic (exact) mass is 432 g/mol. The zero-order valence-electron chi connectivity index (χ0n) is 17.3. The third kappa shape index (κ3) is 5.81. The lowest BCUT2D eigenvalue weighted by Gasteiger charge is -2.26. The molecule has 30 heavy (non-hydrogen) atoms. The van der Waals surface area contributed by atoms with Crippen LogP contribution in [0.3, 0.4) is 0 Å². The van der Waals surface area contributed by atoms with Crippen molar-refractivity contribution < 1.29 is 22.7 Å². The molecule has 3 rings (SSSR count). The summed E-state index contributed by atoms with van der Waals surface area (Å²) in [4.78, 5) is 12.6. The van der Waals surface area contributed by atoms with E-state index in [0.29, 0.717) is 44.0 Å². The van der Waals surface area contributed by atoms with E-state index in [0.717, 1.165) is 11.3 Å². The number of sulfonamides is 1. The molecule has 0 aromatic heterocycles. The smallest absolute Gasteiger partial charge is 0.251 e. The predicted octanol–water partition coefficient (Wildman–Crippen LogP) is 2.74. The molecule has 1 amide bonds. The first kappa shape index (κ1) is 22.3. The van der Waals surface area contributed by atoms with Gasteiger partial charge in [0.15, 0.2) is 0 Å². The summed E-state index contributed by atoms with van der Waals surface area (Å²) in [5.41, 5.74) is 2.11. The highest BCUT2D eigenvalue weighted by molar-refractivity contribution is 7.88. The summed E-state index contributed by atoms with van der Waals surface area (Å²) < 4.78 is 37.1. The van der Waals surface area contributed by atoms with Crippen LogP contribution in [0.15, 0.2) is 48.5 Å². The van der Waals surface area contributed by atoms with Gasteiger partial charge in [-0.05, 0) is 49.2 Å². The van der Waals surface area contributed by atoms with Gasteiger partial charge < -0.3 is 14.8 Å². The second-order valence-corrected chi connectivity index (χ2v) is 9.13. The van der Waals surface area contributed by atoms with Gasteiger partial charge in [0, 0.05) is 18.7 Å². The molecule has 0 saturated carbocycles. The van der Waals surface area contributed by atoms with Crippen LogP contribution in [-0.4, -0.2) is 51.5 Å². The van der Waals surface area contributed by atoms with E-state index in [2.05, 4.69) is 5.32 Å². The lowest BCUT2D eigenvalue weighted by atomic mass is 10.1. The van der Waals surface area contributed by atoms with Crippen LogP contribution in [0.2, 0.25) is 0 Å². The molecule has 0 radical (unpaired) electrons. The molecule has 2 aromatic rings. The maximum absolute atomic E-state index is 12.6. The van der Waals surface area contributed by atoms with Crippen LogP contribution in [0.5, 0.6) is 5.75 Å². The Hall–Kier alpha value is -2.42. The highest BCUT2D eigenvalue weighted by Gasteiger charge is 2.24. The molecular formula is C22H28N2O5S. The fourth-order valence-electron chi connectivity index (χ4n) is 3.26. The number of hydrogen-bond acceptors (Lipinski definition) is 5. The van der Waals surface area contributed by atoms with Crippen molar-refractivity contribution in [1.82, 2.24) is 9.62 Å². The molecule has 1 saturated heterocycles. The molecule has 2 aromatic carbocycles. The number of ether oxygens (including phenoxy) is 2. The van der Waals surface area contributed by atoms with Gasteiger partial charge in [-0.2, -0.15) is 4.31 Å². The molecule has 0 aliphatic carbocycles. The summed E-state index contributed by atoms with van der Waals surface area (Å²) in [7, 11) is -3.39. The van der Waals surface area contributed by atoms with Crippen molar-refractivity contribution in [3.05, 3.63) is 65.2 Å². The van der Waals surface area contributed by atoms with Gasteiger partial charge in [0.2, 0.25) is 10.0 Å². The van der Waals surface area contributed by atoms with Crippen LogP contribution < -0.4 is 10.1 Å². The minimum Gasteiger partial charge on any atom is -0.494 e. The van der Waals surface area contributed by atoms with Crippen molar-refractivity contribution in [3.63, 3.8) is 0 Å². The second-order valence-electron chi connectivity index (χ2n) is 7.16. The van der Waals surface area contributed by atoms with E-state index in [1.165, 1.54) is 4.31 Å². The molecule has 1 atom stereocenters. The van der Waals surface area contributed by atoms with Gasteiger partial charge in [-0.1, -0.05) is 24.3 Å². The van der Waals surface area contributed by atoms with E-state index < -0.39 is 10.0 Å². The molecule has 1 N–H and O–H groups in total. The first-order valence-corrected chi connectivity index (χ1v) is 11.7. The van der Waals surface area contributed by atoms with Crippen LogP contribution in [-0.2, 0) is 20.5 Å². The van der Waals surface area contributed by atoms with E-state index >= 15 is 0 Å². The van der Waals surface area contributed by atoms with Crippen LogP contribution >= 0.6 is 0 Å². The summed E-state index contributed by atoms with van der Waals surface area (Å²) in [6.45, 7) is 6.06. The molecule has 1 unspecified atom stereocenters. The summed E-state index contributed by atoms with van der Waals surface area (Å²) in [6.07, 6.45) is 0. The molecule has 7 nitrogen and oxygen atoms in total. The number of nitrogens with one attached hydrogen (secondary N) is 1. The standard InChI is InChI=1S/C22H28N2O5S/c1-3-29-21-10-8-19(9-11-21)17(2)23-22(25)20-6-4-18(5-7-20)16-30(26,27)24-12-14-28-15-13-24/h4-11,17H,3,12-16H2,1-2H3,(H,23,25). The zero-order valence-corrected chi connectivity index (χ0v) is 18.2. The molecule has 8 heteroatoms. The zero-order chi connectivity index (χ0) is 21.6. The fourth-order valence-corrected chi connectivity index (χ4v) is 4.76. The lowest BCUT2D eigenvalue weighted by molar-refractivity contribution is 0.0729. The van der Waals surface area contributed by atoms with Crippen LogP contribution in [0.25, 0.3) is 0 Å². The Morgan fingerprint density at radius 3 is 2.33 bits per heavy atom. The third-order valence-corrected chi connectivity index (χ3v) is 6.82. The number of carbonyl (C=O) groups excluding carboxylic acids is 1. The minimum absolute atomic E-state index is 0.0858. The van der Waals surface area contributed by atoms with Gasteiger partial charge in [-0.3, -0.25) is 4.79 Å². The topological polar surface area (TPSA) is 84.9 Å². The van der Waals surface area contributed by atoms with E-state index in [1.54, 1.807) is 24.3 Å². The number of amides is 1. The molecule has 162 valence electrons. The summed E-state index contributed by atoms with van der Waals surface area (Å²) in [6, 6.07) is 14.1. The number of carbonyl (C=O) groups is 1. The number of morpholine rings is 1. The Labute approximate surface area is 178 Å². The molecular weight excluding hydrogens is 404 g/mol. The second kappa shape index (κ2) is 10.1. The number of nitrogens with zero attached hydrogens (tertiary/aromatic N) is 1. The Morgan fingerprint density at radius 1 is 1.10 bits per heavy atom. The van der Waals surface area contributed by atoms with Crippen LogP contribution in [0.1, 0.15) is 41.4 Å². The summed E-state index contributed by atoms with van der Waals surface area (Å²) in [5.74, 6) is 0.499. The molecule has 1 heterocycles. The van der Waals surface area contributed by atoms with Gasteiger partial charge in [0.1, 0.15) is 5.75 Å². The number of rotatable bonds is 8. The SMILES string of the molecule is CCOc1ccc(C(C)NC(=O)c2ccc(CS(=O)(=O)N3CCOCC3)cc2)cc1. The highest BCUT2D eigenvalue weighted by Crippen LogP contribution is 2.19. The molecule has 1 aliphatic heterocycles. The van der Waals surface area contributed by atoms with Crippen molar-refractivity contribution in [3.8, 4) is 5.75 Å². The van der Waals surface area contributed by atoms with Gasteiger partial charge in [0.25, 0.3) is 5.91 Å². The van der Waals surface area contributed by atoms with E-state index in [4.69, 9.17) is 9.47 Å². The fraction of sp³-hybridized carbons (Fsp3) is 0.409. The normalized spacial score (nSPS) is 16.1. The van der Waals surface area contributed by atoms with E-state index in [-0.39, 0.29) is 17.7 Å². The molecule has 0 spiro atoms. The number of hydrogen-bond donors (Lipinski definition) is 1. The van der Waals surface area contributed by atoms with Crippen molar-refractivity contribution in [2.45, 2.75) is 25.6 Å². The van der Waals surface area contributed by atoms with Crippen molar-refractivity contribution in [2.75, 3.05) is 32.9 Å². The Bertz CT molecular complexity index is 936. The molecule has 1 aliphatic rings. The average molecular weight is 433 g/mol. The average Bonchev–Trinajstić information content (AvgIpc) is 2.75. The van der Waals surface area contributed by atoms with Gasteiger partial charge in [-0.15, -0.1) is 0 Å². The first-order chi connectivity index (χ1) is 14.4. The Balaban J connectivity index is 1.59. The summed E-state index contributed by atoms with van der Waals surface area (Å²) >= 11 is 0. The first-order valence-electron chi connectivity index (χ1n) is 10.1. The maximum Gasteiger partial charge on any atom is 0.251 e. The van der Waals surface area contributed by atoms with Gasteiger partial charge in [0.05, 0.1) is 31.6 Å².